The first kappa shape index (κ1) is 40.5. The minimum absolute atomic E-state index is 0.0641. The number of nitrogens with one attached hydrogen (secondary N) is 2. The second-order valence-corrected chi connectivity index (χ2v) is 16.5. The van der Waals surface area contributed by atoms with Crippen molar-refractivity contribution in [3.63, 3.8) is 0 Å². The van der Waals surface area contributed by atoms with Crippen molar-refractivity contribution in [2.75, 3.05) is 11.5 Å². The van der Waals surface area contributed by atoms with Gasteiger partial charge in [0.05, 0.1) is 0 Å². The molecule has 286 valence electrons. The summed E-state index contributed by atoms with van der Waals surface area (Å²) < 4.78 is 0. The summed E-state index contributed by atoms with van der Waals surface area (Å²) in [6, 6.07) is 60.3. The van der Waals surface area contributed by atoms with E-state index in [0.29, 0.717) is 37.2 Å². The Hall–Kier alpha value is -5.12. The molecule has 0 spiro atoms. The Morgan fingerprint density at radius 3 is 0.839 bits per heavy atom. The van der Waals surface area contributed by atoms with Crippen LogP contribution in [0.3, 0.4) is 0 Å². The predicted molar refractivity (Wildman–Crippen MR) is 234 cm³/mol. The monoisotopic (exact) mass is 778 g/mol. The maximum absolute atomic E-state index is 13.7. The number of hydrogen-bond acceptors (Lipinski definition) is 6. The van der Waals surface area contributed by atoms with Crippen LogP contribution in [-0.4, -0.2) is 35.4 Å². The average Bonchev–Trinajstić information content (AvgIpc) is 3.26. The molecule has 0 unspecified atom stereocenters. The van der Waals surface area contributed by atoms with Gasteiger partial charge in [0, 0.05) is 36.4 Å². The largest absolute Gasteiger partial charge is 0.338 e. The molecule has 0 aliphatic heterocycles. The lowest BCUT2D eigenvalue weighted by atomic mass is 9.77. The van der Waals surface area contributed by atoms with E-state index in [0.717, 1.165) is 33.4 Å². The molecule has 0 aliphatic rings. The molecule has 6 N–H and O–H groups in total. The van der Waals surface area contributed by atoms with E-state index in [1.54, 1.807) is 21.6 Å². The number of carbonyl (C=O) groups excluding carboxylic acids is 2. The van der Waals surface area contributed by atoms with Gasteiger partial charge in [0.2, 0.25) is 11.8 Å². The molecule has 0 bridgehead atoms. The van der Waals surface area contributed by atoms with Gasteiger partial charge in [0.1, 0.15) is 11.1 Å². The molecule has 6 aromatic carbocycles. The molecule has 8 heteroatoms. The summed E-state index contributed by atoms with van der Waals surface area (Å²) in [5.74, 6) is 1.23. The normalized spacial score (nSPS) is 12.7. The van der Waals surface area contributed by atoms with Crippen molar-refractivity contribution in [3.05, 3.63) is 215 Å². The molecule has 0 aromatic heterocycles. The molecule has 0 radical (unpaired) electrons. The van der Waals surface area contributed by atoms with E-state index in [2.05, 4.69) is 83.4 Å². The van der Waals surface area contributed by atoms with Gasteiger partial charge in [-0.25, -0.2) is 0 Å². The Morgan fingerprint density at radius 2 is 0.625 bits per heavy atom. The van der Waals surface area contributed by atoms with Crippen molar-refractivity contribution in [2.45, 2.75) is 48.8 Å². The summed E-state index contributed by atoms with van der Waals surface area (Å²) in [7, 11) is 3.32. The molecule has 0 fully saturated rings. The SMILES string of the molecule is N[C@@H](CCC(=O)NC(c1ccccc1)(c1ccccc1)c1ccccc1)CSSC[C@@H](N)CCC(=O)NC(c1ccccc1)(c1ccccc1)c1ccccc1. The Kier molecular flexibility index (Phi) is 14.6. The van der Waals surface area contributed by atoms with Gasteiger partial charge in [-0.05, 0) is 46.2 Å². The Labute approximate surface area is 339 Å². The Morgan fingerprint density at radius 1 is 0.411 bits per heavy atom. The van der Waals surface area contributed by atoms with Crippen LogP contribution in [0.5, 0.6) is 0 Å². The van der Waals surface area contributed by atoms with E-state index < -0.39 is 11.1 Å². The standard InChI is InChI=1S/C48H50N4O2S2/c49-43(31-33-45(53)51-47(37-19-7-1-8-20-37,38-21-9-2-10-22-38)39-23-11-3-12-24-39)35-55-56-36-44(50)32-34-46(54)52-48(40-25-13-4-14-26-40,41-27-15-5-16-28-41)42-29-17-6-18-30-42/h1-30,43-44H,31-36,49-50H2,(H,51,53)(H,52,54)/t43-,44-/m0/s1. The maximum atomic E-state index is 13.7. The third-order valence-electron chi connectivity index (χ3n) is 10.0. The van der Waals surface area contributed by atoms with Gasteiger partial charge < -0.3 is 22.1 Å². The number of nitrogens with two attached hydrogens (primary N) is 2. The summed E-state index contributed by atoms with van der Waals surface area (Å²) in [5.41, 5.74) is 17.3. The predicted octanol–water partition coefficient (Wildman–Crippen LogP) is 8.80. The number of carbonyl (C=O) groups is 2. The van der Waals surface area contributed by atoms with Gasteiger partial charge in [-0.15, -0.1) is 0 Å². The smallest absolute Gasteiger partial charge is 0.221 e. The van der Waals surface area contributed by atoms with E-state index >= 15 is 0 Å². The molecule has 56 heavy (non-hydrogen) atoms. The van der Waals surface area contributed by atoms with E-state index in [-0.39, 0.29) is 23.9 Å². The zero-order valence-corrected chi connectivity index (χ0v) is 33.1. The molecule has 6 aromatic rings. The van der Waals surface area contributed by atoms with Gasteiger partial charge in [-0.1, -0.05) is 204 Å². The Balaban J connectivity index is 1.00. The molecule has 0 heterocycles. The van der Waals surface area contributed by atoms with Crippen LogP contribution in [0.25, 0.3) is 0 Å². The quantitative estimate of drug-likeness (QED) is 0.0372. The lowest BCUT2D eigenvalue weighted by Gasteiger charge is -2.37. The van der Waals surface area contributed by atoms with E-state index in [4.69, 9.17) is 11.5 Å². The zero-order chi connectivity index (χ0) is 39.1. The molecule has 0 saturated carbocycles. The number of benzene rings is 6. The van der Waals surface area contributed by atoms with Crippen LogP contribution in [0.2, 0.25) is 0 Å². The third-order valence-corrected chi connectivity index (χ3v) is 12.6. The molecule has 2 amide bonds. The zero-order valence-electron chi connectivity index (χ0n) is 31.5. The Bertz CT molecular complexity index is 1730. The highest BCUT2D eigenvalue weighted by Crippen LogP contribution is 2.38. The van der Waals surface area contributed by atoms with Crippen molar-refractivity contribution in [3.8, 4) is 0 Å². The third kappa shape index (κ3) is 10.00. The van der Waals surface area contributed by atoms with Crippen LogP contribution in [0.4, 0.5) is 0 Å². The van der Waals surface area contributed by atoms with Crippen LogP contribution < -0.4 is 22.1 Å². The van der Waals surface area contributed by atoms with Crippen LogP contribution >= 0.6 is 21.6 Å². The number of amides is 2. The van der Waals surface area contributed by atoms with E-state index in [9.17, 15) is 9.59 Å². The second kappa shape index (κ2) is 20.2. The second-order valence-electron chi connectivity index (χ2n) is 14.0. The summed E-state index contributed by atoms with van der Waals surface area (Å²) in [6.45, 7) is 0. The fourth-order valence-electron chi connectivity index (χ4n) is 7.18. The highest BCUT2D eigenvalue weighted by Gasteiger charge is 2.39. The lowest BCUT2D eigenvalue weighted by Crippen LogP contribution is -2.48. The molecular formula is C48H50N4O2S2. The molecular weight excluding hydrogens is 729 g/mol. The number of hydrogen-bond donors (Lipinski definition) is 4. The summed E-state index contributed by atoms with van der Waals surface area (Å²) in [6.07, 6.45) is 1.69. The minimum atomic E-state index is -0.852. The maximum Gasteiger partial charge on any atom is 0.221 e. The van der Waals surface area contributed by atoms with Crippen LogP contribution in [-0.2, 0) is 20.7 Å². The highest BCUT2D eigenvalue weighted by atomic mass is 33.1. The van der Waals surface area contributed by atoms with Gasteiger partial charge in [0.25, 0.3) is 0 Å². The first-order valence-corrected chi connectivity index (χ1v) is 21.6. The van der Waals surface area contributed by atoms with Crippen LogP contribution in [0.15, 0.2) is 182 Å². The van der Waals surface area contributed by atoms with Gasteiger partial charge >= 0.3 is 0 Å². The van der Waals surface area contributed by atoms with Gasteiger partial charge in [-0.2, -0.15) is 0 Å². The average molecular weight is 779 g/mol. The number of rotatable bonds is 19. The van der Waals surface area contributed by atoms with Gasteiger partial charge in [-0.3, -0.25) is 9.59 Å². The molecule has 2 atom stereocenters. The molecule has 0 aliphatic carbocycles. The van der Waals surface area contributed by atoms with Crippen molar-refractivity contribution >= 4 is 33.4 Å². The van der Waals surface area contributed by atoms with Crippen molar-refractivity contribution in [1.82, 2.24) is 10.6 Å². The fourth-order valence-corrected chi connectivity index (χ4v) is 9.68. The molecule has 6 rings (SSSR count). The van der Waals surface area contributed by atoms with Crippen LogP contribution in [0.1, 0.15) is 59.1 Å². The molecule has 6 nitrogen and oxygen atoms in total. The highest BCUT2D eigenvalue weighted by molar-refractivity contribution is 8.76. The van der Waals surface area contributed by atoms with E-state index in [1.807, 2.05) is 109 Å². The molecule has 0 saturated heterocycles. The summed E-state index contributed by atoms with van der Waals surface area (Å²) in [5, 5.41) is 6.85. The van der Waals surface area contributed by atoms with Crippen molar-refractivity contribution in [1.29, 1.82) is 0 Å². The summed E-state index contributed by atoms with van der Waals surface area (Å²) >= 11 is 0. The minimum Gasteiger partial charge on any atom is -0.338 e. The summed E-state index contributed by atoms with van der Waals surface area (Å²) in [4.78, 5) is 27.5. The topological polar surface area (TPSA) is 110 Å². The van der Waals surface area contributed by atoms with Crippen molar-refractivity contribution < 1.29 is 9.59 Å². The van der Waals surface area contributed by atoms with Crippen molar-refractivity contribution in [2.24, 2.45) is 11.5 Å². The first-order valence-electron chi connectivity index (χ1n) is 19.1. The van der Waals surface area contributed by atoms with Gasteiger partial charge in [0.15, 0.2) is 0 Å². The fraction of sp³-hybridized carbons (Fsp3) is 0.208. The first-order chi connectivity index (χ1) is 27.4. The lowest BCUT2D eigenvalue weighted by molar-refractivity contribution is -0.123. The van der Waals surface area contributed by atoms with Crippen LogP contribution in [0, 0.1) is 0 Å². The van der Waals surface area contributed by atoms with E-state index in [1.165, 1.54) is 0 Å².